The highest BCUT2D eigenvalue weighted by molar-refractivity contribution is 7.89. The summed E-state index contributed by atoms with van der Waals surface area (Å²) in [6, 6.07) is 6.65. The first-order valence-electron chi connectivity index (χ1n) is 8.60. The van der Waals surface area contributed by atoms with Crippen molar-refractivity contribution >= 4 is 21.3 Å². The van der Waals surface area contributed by atoms with Gasteiger partial charge < -0.3 is 5.32 Å². The van der Waals surface area contributed by atoms with Gasteiger partial charge in [-0.1, -0.05) is 6.07 Å². The van der Waals surface area contributed by atoms with Crippen molar-refractivity contribution in [3.05, 3.63) is 59.1 Å². The molecular formula is C19H17FN4O2S. The minimum Gasteiger partial charge on any atom is -0.314 e. The third-order valence-electron chi connectivity index (χ3n) is 4.83. The molecule has 0 unspecified atom stereocenters. The van der Waals surface area contributed by atoms with Crippen LogP contribution in [0.3, 0.4) is 0 Å². The highest BCUT2D eigenvalue weighted by Crippen LogP contribution is 2.36. The average molecular weight is 384 g/mol. The molecule has 27 heavy (non-hydrogen) atoms. The van der Waals surface area contributed by atoms with Gasteiger partial charge in [-0.05, 0) is 24.3 Å². The Bertz CT molecular complexity index is 1070. The molecule has 8 heteroatoms. The highest BCUT2D eigenvalue weighted by atomic mass is 32.2. The SMILES string of the molecule is N#Cc1cc(S(=O)(=O)N2CCNCC2)ccc1C1=CN=C2CC(F)=CC=C12. The van der Waals surface area contributed by atoms with Gasteiger partial charge in [0.25, 0.3) is 0 Å². The van der Waals surface area contributed by atoms with Gasteiger partial charge in [0.05, 0.1) is 22.2 Å². The second kappa shape index (κ2) is 6.85. The van der Waals surface area contributed by atoms with Crippen molar-refractivity contribution in [3.63, 3.8) is 0 Å². The van der Waals surface area contributed by atoms with Crippen LogP contribution in [-0.2, 0) is 10.0 Å². The lowest BCUT2D eigenvalue weighted by Crippen LogP contribution is -2.46. The van der Waals surface area contributed by atoms with Crippen LogP contribution in [0.1, 0.15) is 17.5 Å². The Kier molecular flexibility index (Phi) is 4.52. The molecule has 0 amide bonds. The number of hydrogen-bond acceptors (Lipinski definition) is 5. The quantitative estimate of drug-likeness (QED) is 0.865. The van der Waals surface area contributed by atoms with Crippen LogP contribution in [0, 0.1) is 11.3 Å². The lowest BCUT2D eigenvalue weighted by molar-refractivity contribution is 0.360. The summed E-state index contributed by atoms with van der Waals surface area (Å²) in [5, 5.41) is 12.7. The summed E-state index contributed by atoms with van der Waals surface area (Å²) < 4.78 is 40.6. The number of nitrogens with zero attached hydrogens (tertiary/aromatic N) is 3. The smallest absolute Gasteiger partial charge is 0.243 e. The van der Waals surface area contributed by atoms with E-state index in [9.17, 15) is 18.1 Å². The van der Waals surface area contributed by atoms with Crippen molar-refractivity contribution in [2.75, 3.05) is 26.2 Å². The Morgan fingerprint density at radius 1 is 1.19 bits per heavy atom. The highest BCUT2D eigenvalue weighted by Gasteiger charge is 2.28. The Morgan fingerprint density at radius 2 is 1.96 bits per heavy atom. The van der Waals surface area contributed by atoms with Crippen molar-refractivity contribution in [2.45, 2.75) is 11.3 Å². The second-order valence-electron chi connectivity index (χ2n) is 6.46. The normalized spacial score (nSPS) is 20.1. The van der Waals surface area contributed by atoms with Crippen LogP contribution in [-0.4, -0.2) is 44.6 Å². The van der Waals surface area contributed by atoms with Gasteiger partial charge in [0.15, 0.2) is 0 Å². The molecule has 2 heterocycles. The molecule has 0 bridgehead atoms. The summed E-state index contributed by atoms with van der Waals surface area (Å²) in [6.07, 6.45) is 4.77. The van der Waals surface area contributed by atoms with Gasteiger partial charge in [-0.15, -0.1) is 0 Å². The zero-order valence-electron chi connectivity index (χ0n) is 14.4. The fraction of sp³-hybridized carbons (Fsp3) is 0.263. The molecule has 4 rings (SSSR count). The fourth-order valence-electron chi connectivity index (χ4n) is 3.42. The van der Waals surface area contributed by atoms with Crippen LogP contribution < -0.4 is 5.32 Å². The van der Waals surface area contributed by atoms with Gasteiger partial charge in [-0.2, -0.15) is 9.57 Å². The van der Waals surface area contributed by atoms with E-state index in [0.717, 1.165) is 5.57 Å². The van der Waals surface area contributed by atoms with E-state index in [0.29, 0.717) is 43.0 Å². The standard InChI is InChI=1S/C19H17FN4O2S/c20-14-1-3-17-18(12-23-19(17)10-14)16-4-2-15(9-13(16)11-21)27(25,26)24-7-5-22-6-8-24/h1-4,9,12,22H,5-8,10H2. The number of benzene rings is 1. The van der Waals surface area contributed by atoms with Crippen molar-refractivity contribution in [1.82, 2.24) is 9.62 Å². The van der Waals surface area contributed by atoms with Gasteiger partial charge in [-0.25, -0.2) is 12.8 Å². The van der Waals surface area contributed by atoms with Gasteiger partial charge in [0.1, 0.15) is 5.83 Å². The maximum absolute atomic E-state index is 13.4. The summed E-state index contributed by atoms with van der Waals surface area (Å²) in [7, 11) is -3.65. The average Bonchev–Trinajstić information content (AvgIpc) is 3.10. The lowest BCUT2D eigenvalue weighted by Gasteiger charge is -2.26. The third kappa shape index (κ3) is 3.14. The zero-order chi connectivity index (χ0) is 19.0. The number of sulfonamides is 1. The number of fused-ring (bicyclic) bond motifs is 1. The Hall–Kier alpha value is -2.60. The molecule has 1 N–H and O–H groups in total. The van der Waals surface area contributed by atoms with Crippen LogP contribution in [0.2, 0.25) is 0 Å². The number of nitriles is 1. The number of allylic oxidation sites excluding steroid dienone is 5. The van der Waals surface area contributed by atoms with Gasteiger partial charge in [0.2, 0.25) is 10.0 Å². The van der Waals surface area contributed by atoms with E-state index < -0.39 is 10.0 Å². The van der Waals surface area contributed by atoms with Gasteiger partial charge in [0, 0.05) is 55.5 Å². The van der Waals surface area contributed by atoms with E-state index in [1.165, 1.54) is 22.5 Å². The topological polar surface area (TPSA) is 85.6 Å². The zero-order valence-corrected chi connectivity index (χ0v) is 15.3. The van der Waals surface area contributed by atoms with E-state index in [1.807, 2.05) is 0 Å². The first-order valence-corrected chi connectivity index (χ1v) is 10.0. The van der Waals surface area contributed by atoms with Crippen LogP contribution in [0.25, 0.3) is 5.57 Å². The van der Waals surface area contributed by atoms with Crippen molar-refractivity contribution in [2.24, 2.45) is 4.99 Å². The Labute approximate surface area is 157 Å². The molecule has 1 aromatic carbocycles. The number of hydrogen-bond donors (Lipinski definition) is 1. The lowest BCUT2D eigenvalue weighted by atomic mass is 9.90. The monoisotopic (exact) mass is 384 g/mol. The first kappa shape index (κ1) is 17.8. The largest absolute Gasteiger partial charge is 0.314 e. The number of nitrogens with one attached hydrogen (secondary N) is 1. The summed E-state index contributed by atoms with van der Waals surface area (Å²) in [6.45, 7) is 2.01. The number of aliphatic imine (C=N–C) groups is 1. The number of rotatable bonds is 3. The molecule has 0 spiro atoms. The van der Waals surface area contributed by atoms with Crippen LogP contribution in [0.4, 0.5) is 4.39 Å². The summed E-state index contributed by atoms with van der Waals surface area (Å²) in [5.74, 6) is -0.259. The maximum Gasteiger partial charge on any atom is 0.243 e. The second-order valence-corrected chi connectivity index (χ2v) is 8.40. The van der Waals surface area contributed by atoms with E-state index in [2.05, 4.69) is 16.4 Å². The van der Waals surface area contributed by atoms with E-state index >= 15 is 0 Å². The fourth-order valence-corrected chi connectivity index (χ4v) is 4.88. The molecule has 0 aromatic heterocycles. The molecule has 138 valence electrons. The molecule has 3 aliphatic rings. The predicted molar refractivity (Wildman–Crippen MR) is 100 cm³/mol. The molecule has 1 saturated heterocycles. The molecule has 1 aromatic rings. The van der Waals surface area contributed by atoms with Crippen LogP contribution in [0.15, 0.2) is 57.8 Å². The minimum absolute atomic E-state index is 0.105. The van der Waals surface area contributed by atoms with Crippen molar-refractivity contribution < 1.29 is 12.8 Å². The summed E-state index contributed by atoms with van der Waals surface area (Å²) in [5.41, 5.74) is 2.94. The Morgan fingerprint density at radius 3 is 2.70 bits per heavy atom. The predicted octanol–water partition coefficient (Wildman–Crippen LogP) is 2.13. The van der Waals surface area contributed by atoms with Gasteiger partial charge in [-0.3, -0.25) is 4.99 Å². The molecule has 1 aliphatic carbocycles. The van der Waals surface area contributed by atoms with Gasteiger partial charge >= 0.3 is 0 Å². The molecular weight excluding hydrogens is 367 g/mol. The van der Waals surface area contributed by atoms with Crippen molar-refractivity contribution in [1.29, 1.82) is 5.26 Å². The Balaban J connectivity index is 1.71. The van der Waals surface area contributed by atoms with Crippen molar-refractivity contribution in [3.8, 4) is 6.07 Å². The first-order chi connectivity index (χ1) is 13.0. The van der Waals surface area contributed by atoms with E-state index in [-0.39, 0.29) is 22.7 Å². The summed E-state index contributed by atoms with van der Waals surface area (Å²) in [4.78, 5) is 4.35. The molecule has 1 fully saturated rings. The molecule has 6 nitrogen and oxygen atoms in total. The third-order valence-corrected chi connectivity index (χ3v) is 6.73. The van der Waals surface area contributed by atoms with E-state index in [1.54, 1.807) is 18.3 Å². The number of halogens is 1. The number of piperazine rings is 1. The van der Waals surface area contributed by atoms with Crippen LogP contribution >= 0.6 is 0 Å². The maximum atomic E-state index is 13.4. The molecule has 0 radical (unpaired) electrons. The van der Waals surface area contributed by atoms with Crippen LogP contribution in [0.5, 0.6) is 0 Å². The summed E-state index contributed by atoms with van der Waals surface area (Å²) >= 11 is 0. The molecule has 2 aliphatic heterocycles. The van der Waals surface area contributed by atoms with E-state index in [4.69, 9.17) is 0 Å². The molecule has 0 saturated carbocycles. The molecule has 0 atom stereocenters. The minimum atomic E-state index is -3.65.